The number of carbonyl (C=O) groups is 2. The van der Waals surface area contributed by atoms with E-state index < -0.39 is 5.97 Å². The van der Waals surface area contributed by atoms with E-state index in [1.54, 1.807) is 40.6 Å². The number of ether oxygens (including phenoxy) is 8. The van der Waals surface area contributed by atoms with Crippen molar-refractivity contribution in [2.24, 2.45) is 10.7 Å². The molecular formula is C105H109N3O11. The maximum absolute atomic E-state index is 12.2. The number of carboxylic acid groups (broad SMARTS) is 1. The second kappa shape index (κ2) is 47.7. The van der Waals surface area contributed by atoms with E-state index in [2.05, 4.69) is 141 Å². The molecule has 0 fully saturated rings. The molecule has 2 heterocycles. The van der Waals surface area contributed by atoms with E-state index in [1.165, 1.54) is 44.5 Å². The first kappa shape index (κ1) is 88.1. The van der Waals surface area contributed by atoms with Gasteiger partial charge in [0.2, 0.25) is 0 Å². The molecule has 2 aliphatic heterocycles. The monoisotopic (exact) mass is 1590 g/mol. The van der Waals surface area contributed by atoms with E-state index in [0.29, 0.717) is 45.1 Å². The Balaban J connectivity index is 0.000000161. The van der Waals surface area contributed by atoms with Crippen LogP contribution in [0.1, 0.15) is 119 Å². The number of hydrogen-bond acceptors (Lipinski definition) is 13. The van der Waals surface area contributed by atoms with Gasteiger partial charge in [0.15, 0.2) is 51.8 Å². The lowest BCUT2D eigenvalue weighted by molar-refractivity contribution is -0.131. The third-order valence-electron chi connectivity index (χ3n) is 20.1. The Hall–Kier alpha value is -13.3. The van der Waals surface area contributed by atoms with Gasteiger partial charge in [0.25, 0.3) is 0 Å². The van der Waals surface area contributed by atoms with E-state index >= 15 is 0 Å². The highest BCUT2D eigenvalue weighted by Crippen LogP contribution is 2.38. The van der Waals surface area contributed by atoms with Crippen LogP contribution in [-0.2, 0) is 61.7 Å². The number of methoxy groups -OCH3 is 4. The van der Waals surface area contributed by atoms with Gasteiger partial charge in [0, 0.05) is 31.1 Å². The summed E-state index contributed by atoms with van der Waals surface area (Å²) in [7, 11) is 6.67. The number of rotatable bonds is 30. The van der Waals surface area contributed by atoms with E-state index in [1.807, 2.05) is 202 Å². The van der Waals surface area contributed by atoms with Gasteiger partial charge in [0.1, 0.15) is 26.4 Å². The number of nitrogens with one attached hydrogen (secondary N) is 1. The van der Waals surface area contributed by atoms with Crippen molar-refractivity contribution in [2.45, 2.75) is 98.7 Å². The Morgan fingerprint density at radius 1 is 0.403 bits per heavy atom. The predicted molar refractivity (Wildman–Crippen MR) is 484 cm³/mol. The third kappa shape index (κ3) is 28.3. The van der Waals surface area contributed by atoms with Crippen LogP contribution in [0.4, 0.5) is 0 Å². The summed E-state index contributed by atoms with van der Waals surface area (Å²) in [6.07, 6.45) is 19.9. The molecule has 14 heteroatoms. The van der Waals surface area contributed by atoms with Gasteiger partial charge >= 0.3 is 5.97 Å². The van der Waals surface area contributed by atoms with Crippen molar-refractivity contribution in [1.29, 1.82) is 0 Å². The quantitative estimate of drug-likeness (QED) is 0.0363. The number of aliphatic carboxylic acids is 1. The SMILES string of the molecule is COc1cc2c(cc1OCc1ccccc1)CCN=C2/C=C/c1ccccc1C.COc1cc2c(cc1OCc1ccccc1)CCNC2/C=C/c1ccccc1C.COc1ccc(CCCC(=O)/C=C/c2ccccc2C)cc1OCc1ccccc1.COc1ccc(CCN)cc1OCc1ccccc1.Cc1ccccc1/C=C/C(=O)O. The average Bonchev–Trinajstić information content (AvgIpc) is 0.797. The fourth-order valence-electron chi connectivity index (χ4n) is 13.3. The smallest absolute Gasteiger partial charge is 0.328 e. The number of benzene rings is 12. The number of carboxylic acids is 1. The molecular weight excluding hydrogens is 1480 g/mol. The summed E-state index contributed by atoms with van der Waals surface area (Å²) in [5, 5.41) is 12.0. The molecule has 0 radical (unpaired) electrons. The number of nitrogens with two attached hydrogens (primary N) is 1. The molecule has 119 heavy (non-hydrogen) atoms. The van der Waals surface area contributed by atoms with Crippen molar-refractivity contribution in [1.82, 2.24) is 5.32 Å². The standard InChI is InChI=1S/C27H28O3.C26H27NO2.C26H25NO2.C16H19NO2.C10H10O2/c1-21-9-6-7-13-24(21)16-17-25(28)14-8-12-22-15-18-26(29-2)27(19-22)30-20-23-10-4-3-5-11-23;2*1-19-8-6-7-11-21(19)12-13-24-23-17-25(28-2)26(16-22(23)14-15-27-24)29-18-20-9-4-3-5-10-20;1-18-15-8-7-13(9-10-17)11-16(15)19-12-14-5-3-2-4-6-14;1-8-4-2-3-5-9(8)6-7-10(11)12/h3-7,9-11,13,15-19H,8,12,14,20H2,1-2H3;3-13,16-17,24,27H,14-15,18H2,1-2H3;3-13,16-17H,14-15,18H2,1-2H3;2-8,11H,9-10,12,17H2,1H3;2-7H,1H3,(H,11,12)/b17-16+;2*13-12+;;7-6+. The van der Waals surface area contributed by atoms with Crippen LogP contribution in [0, 0.1) is 27.7 Å². The Morgan fingerprint density at radius 2 is 0.798 bits per heavy atom. The van der Waals surface area contributed by atoms with Gasteiger partial charge < -0.3 is 54.1 Å². The fraction of sp³-hybridized carbons (Fsp3) is 0.210. The fourth-order valence-corrected chi connectivity index (χ4v) is 13.3. The Kier molecular flexibility index (Phi) is 35.3. The van der Waals surface area contributed by atoms with Gasteiger partial charge in [-0.05, 0) is 228 Å². The van der Waals surface area contributed by atoms with Gasteiger partial charge in [-0.25, -0.2) is 4.79 Å². The minimum atomic E-state index is -0.918. The summed E-state index contributed by atoms with van der Waals surface area (Å²) >= 11 is 0. The van der Waals surface area contributed by atoms with Gasteiger partial charge in [-0.1, -0.05) is 255 Å². The zero-order valence-electron chi connectivity index (χ0n) is 69.5. The van der Waals surface area contributed by atoms with Gasteiger partial charge in [0.05, 0.1) is 40.2 Å². The molecule has 12 aromatic carbocycles. The van der Waals surface area contributed by atoms with Crippen molar-refractivity contribution in [3.8, 4) is 46.0 Å². The molecule has 0 spiro atoms. The molecule has 0 amide bonds. The minimum Gasteiger partial charge on any atom is -0.493 e. The van der Waals surface area contributed by atoms with Crippen LogP contribution >= 0.6 is 0 Å². The number of ketones is 1. The largest absolute Gasteiger partial charge is 0.493 e. The number of fused-ring (bicyclic) bond motifs is 2. The molecule has 12 aromatic rings. The highest BCUT2D eigenvalue weighted by atomic mass is 16.5. The Labute approximate surface area is 702 Å². The first-order chi connectivity index (χ1) is 58.2. The van der Waals surface area contributed by atoms with Gasteiger partial charge in [-0.15, -0.1) is 0 Å². The van der Waals surface area contributed by atoms with Gasteiger partial charge in [-0.2, -0.15) is 0 Å². The third-order valence-corrected chi connectivity index (χ3v) is 20.1. The predicted octanol–water partition coefficient (Wildman–Crippen LogP) is 22.2. The summed E-state index contributed by atoms with van der Waals surface area (Å²) in [5.41, 5.74) is 27.6. The lowest BCUT2D eigenvalue weighted by Crippen LogP contribution is -2.28. The molecule has 1 atom stereocenters. The molecule has 1 unspecified atom stereocenters. The maximum atomic E-state index is 12.2. The summed E-state index contributed by atoms with van der Waals surface area (Å²) in [5.74, 6) is 5.27. The number of allylic oxidation sites excluding steroid dienone is 2. The van der Waals surface area contributed by atoms with E-state index in [9.17, 15) is 9.59 Å². The first-order valence-corrected chi connectivity index (χ1v) is 40.3. The molecule has 2 aliphatic rings. The van der Waals surface area contributed by atoms with E-state index in [4.69, 9.17) is 53.7 Å². The van der Waals surface area contributed by atoms with Gasteiger partial charge in [-0.3, -0.25) is 9.79 Å². The molecule has 4 N–H and O–H groups in total. The van der Waals surface area contributed by atoms with Crippen LogP contribution in [0.15, 0.2) is 308 Å². The molecule has 0 aromatic heterocycles. The number of aliphatic imine (C=N–C) groups is 1. The van der Waals surface area contributed by atoms with Crippen molar-refractivity contribution in [3.63, 3.8) is 0 Å². The highest BCUT2D eigenvalue weighted by Gasteiger charge is 2.23. The Morgan fingerprint density at radius 3 is 1.24 bits per heavy atom. The number of aryl methyl sites for hydroxylation is 5. The van der Waals surface area contributed by atoms with Crippen molar-refractivity contribution in [2.75, 3.05) is 48.1 Å². The number of nitrogens with zero attached hydrogens (tertiary/aromatic N) is 1. The summed E-state index contributed by atoms with van der Waals surface area (Å²) in [4.78, 5) is 27.2. The molecule has 0 aliphatic carbocycles. The minimum absolute atomic E-state index is 0.146. The second-order valence-corrected chi connectivity index (χ2v) is 28.6. The van der Waals surface area contributed by atoms with E-state index in [-0.39, 0.29) is 11.8 Å². The highest BCUT2D eigenvalue weighted by molar-refractivity contribution is 6.12. The summed E-state index contributed by atoms with van der Waals surface area (Å²) < 4.78 is 46.0. The maximum Gasteiger partial charge on any atom is 0.328 e. The molecule has 0 saturated carbocycles. The number of hydrogen-bond donors (Lipinski definition) is 3. The zero-order chi connectivity index (χ0) is 83.8. The average molecular weight is 1590 g/mol. The lowest BCUT2D eigenvalue weighted by Gasteiger charge is -2.26. The second-order valence-electron chi connectivity index (χ2n) is 28.6. The topological polar surface area (TPSA) is 179 Å². The molecule has 14 nitrogen and oxygen atoms in total. The van der Waals surface area contributed by atoms with Crippen LogP contribution in [-0.4, -0.2) is 70.6 Å². The van der Waals surface area contributed by atoms with Crippen molar-refractivity contribution >= 4 is 41.8 Å². The Bertz CT molecular complexity index is 5350. The van der Waals surface area contributed by atoms with Crippen molar-refractivity contribution < 1.29 is 52.6 Å². The van der Waals surface area contributed by atoms with Crippen LogP contribution in [0.2, 0.25) is 0 Å². The molecule has 0 bridgehead atoms. The van der Waals surface area contributed by atoms with Crippen LogP contribution in [0.3, 0.4) is 0 Å². The molecule has 610 valence electrons. The summed E-state index contributed by atoms with van der Waals surface area (Å²) in [6.45, 7) is 12.7. The zero-order valence-corrected chi connectivity index (χ0v) is 69.5. The number of carbonyl (C=O) groups excluding carboxylic acids is 1. The van der Waals surface area contributed by atoms with Crippen molar-refractivity contribution in [3.05, 3.63) is 403 Å². The lowest BCUT2D eigenvalue weighted by atomic mass is 9.92. The molecule has 14 rings (SSSR count). The normalized spacial score (nSPS) is 12.5. The molecule has 0 saturated heterocycles. The first-order valence-electron chi connectivity index (χ1n) is 40.3. The summed E-state index contributed by atoms with van der Waals surface area (Å²) in [6, 6.07) is 93.5. The van der Waals surface area contributed by atoms with E-state index in [0.717, 1.165) is 153 Å². The van der Waals surface area contributed by atoms with Crippen LogP contribution < -0.4 is 48.9 Å². The van der Waals surface area contributed by atoms with Crippen LogP contribution in [0.25, 0.3) is 24.3 Å². The van der Waals surface area contributed by atoms with Crippen LogP contribution in [0.5, 0.6) is 46.0 Å².